The summed E-state index contributed by atoms with van der Waals surface area (Å²) in [6.45, 7) is 3.94. The molecule has 0 radical (unpaired) electrons. The fourth-order valence-corrected chi connectivity index (χ4v) is 0.772. The smallest absolute Gasteiger partial charge is 0.269 e. The van der Waals surface area contributed by atoms with Crippen molar-refractivity contribution >= 4 is 11.9 Å². The van der Waals surface area contributed by atoms with E-state index in [1.165, 1.54) is 6.39 Å². The van der Waals surface area contributed by atoms with Crippen molar-refractivity contribution in [2.45, 2.75) is 20.3 Å². The van der Waals surface area contributed by atoms with E-state index in [4.69, 9.17) is 0 Å². The van der Waals surface area contributed by atoms with E-state index in [1.54, 1.807) is 0 Å². The normalized spacial score (nSPS) is 10.2. The zero-order valence-electron chi connectivity index (χ0n) is 7.07. The molecule has 0 aliphatic rings. The van der Waals surface area contributed by atoms with Crippen molar-refractivity contribution in [3.05, 3.63) is 6.39 Å². The largest absolute Gasteiger partial charge is 0.341 e. The maximum absolute atomic E-state index is 11.1. The summed E-state index contributed by atoms with van der Waals surface area (Å²) in [5.74, 6) is 0.462. The molecular formula is C7H11N3O2. The van der Waals surface area contributed by atoms with Crippen LogP contribution in [-0.4, -0.2) is 16.0 Å². The van der Waals surface area contributed by atoms with E-state index in [2.05, 4.69) is 20.0 Å². The lowest BCUT2D eigenvalue weighted by molar-refractivity contribution is -0.116. The third-order valence-electron chi connectivity index (χ3n) is 1.21. The SMILES string of the molecule is CC(C)CC(=O)Nc1ncon1. The fourth-order valence-electron chi connectivity index (χ4n) is 0.772. The van der Waals surface area contributed by atoms with E-state index < -0.39 is 0 Å². The number of hydrogen-bond donors (Lipinski definition) is 1. The minimum Gasteiger partial charge on any atom is -0.341 e. The highest BCUT2D eigenvalue weighted by molar-refractivity contribution is 5.88. The van der Waals surface area contributed by atoms with Crippen LogP contribution in [0.4, 0.5) is 5.95 Å². The van der Waals surface area contributed by atoms with Crippen LogP contribution in [0, 0.1) is 5.92 Å². The lowest BCUT2D eigenvalue weighted by Gasteiger charge is -2.01. The summed E-state index contributed by atoms with van der Waals surface area (Å²) < 4.78 is 4.44. The summed E-state index contributed by atoms with van der Waals surface area (Å²) in [6, 6.07) is 0. The molecule has 66 valence electrons. The van der Waals surface area contributed by atoms with Gasteiger partial charge in [-0.3, -0.25) is 10.1 Å². The van der Waals surface area contributed by atoms with Crippen LogP contribution in [0.3, 0.4) is 0 Å². The van der Waals surface area contributed by atoms with Gasteiger partial charge in [0.25, 0.3) is 5.95 Å². The van der Waals surface area contributed by atoms with Crippen molar-refractivity contribution in [1.29, 1.82) is 0 Å². The first-order valence-electron chi connectivity index (χ1n) is 3.74. The van der Waals surface area contributed by atoms with Gasteiger partial charge in [-0.25, -0.2) is 0 Å². The highest BCUT2D eigenvalue weighted by atomic mass is 16.5. The quantitative estimate of drug-likeness (QED) is 0.734. The van der Waals surface area contributed by atoms with E-state index >= 15 is 0 Å². The predicted molar refractivity (Wildman–Crippen MR) is 42.4 cm³/mol. The van der Waals surface area contributed by atoms with Crippen LogP contribution in [-0.2, 0) is 4.79 Å². The molecule has 5 nitrogen and oxygen atoms in total. The van der Waals surface area contributed by atoms with Crippen LogP contribution < -0.4 is 5.32 Å². The highest BCUT2D eigenvalue weighted by Gasteiger charge is 2.06. The first-order valence-corrected chi connectivity index (χ1v) is 3.74. The molecule has 12 heavy (non-hydrogen) atoms. The summed E-state index contributed by atoms with van der Waals surface area (Å²) in [5.41, 5.74) is 0. The Bertz CT molecular complexity index is 243. The summed E-state index contributed by atoms with van der Waals surface area (Å²) in [7, 11) is 0. The molecule has 5 heteroatoms. The molecule has 1 heterocycles. The molecule has 0 fully saturated rings. The Morgan fingerprint density at radius 1 is 1.75 bits per heavy atom. The summed E-state index contributed by atoms with van der Waals surface area (Å²) in [4.78, 5) is 14.7. The molecule has 0 spiro atoms. The number of carbonyl (C=O) groups is 1. The zero-order valence-corrected chi connectivity index (χ0v) is 7.07. The third-order valence-corrected chi connectivity index (χ3v) is 1.21. The fraction of sp³-hybridized carbons (Fsp3) is 0.571. The highest BCUT2D eigenvalue weighted by Crippen LogP contribution is 2.02. The molecule has 0 atom stereocenters. The number of hydrogen-bond acceptors (Lipinski definition) is 4. The van der Waals surface area contributed by atoms with Gasteiger partial charge >= 0.3 is 0 Å². The molecule has 0 saturated carbocycles. The van der Waals surface area contributed by atoms with Gasteiger partial charge in [0, 0.05) is 6.42 Å². The molecule has 1 aromatic heterocycles. The molecule has 1 aromatic rings. The molecule has 0 unspecified atom stereocenters. The van der Waals surface area contributed by atoms with Crippen molar-refractivity contribution in [3.63, 3.8) is 0 Å². The van der Waals surface area contributed by atoms with Gasteiger partial charge < -0.3 is 4.52 Å². The summed E-state index contributed by atoms with van der Waals surface area (Å²) >= 11 is 0. The van der Waals surface area contributed by atoms with Crippen LogP contribution in [0.1, 0.15) is 20.3 Å². The monoisotopic (exact) mass is 169 g/mol. The Kier molecular flexibility index (Phi) is 2.79. The average molecular weight is 169 g/mol. The standard InChI is InChI=1S/C7H11N3O2/c1-5(2)3-6(11)9-7-8-4-12-10-7/h4-5H,3H2,1-2H3,(H,9,10,11). The molecule has 0 aromatic carbocycles. The summed E-state index contributed by atoms with van der Waals surface area (Å²) in [5, 5.41) is 5.94. The topological polar surface area (TPSA) is 68.0 Å². The van der Waals surface area contributed by atoms with E-state index in [0.29, 0.717) is 12.3 Å². The van der Waals surface area contributed by atoms with Crippen molar-refractivity contribution < 1.29 is 9.32 Å². The number of nitrogens with zero attached hydrogens (tertiary/aromatic N) is 2. The number of rotatable bonds is 3. The van der Waals surface area contributed by atoms with Gasteiger partial charge in [0.2, 0.25) is 12.3 Å². The first-order chi connectivity index (χ1) is 5.68. The molecular weight excluding hydrogens is 158 g/mol. The molecule has 1 N–H and O–H groups in total. The first kappa shape index (κ1) is 8.70. The minimum atomic E-state index is -0.0913. The van der Waals surface area contributed by atoms with Gasteiger partial charge in [0.05, 0.1) is 0 Å². The molecule has 1 rings (SSSR count). The number of amides is 1. The van der Waals surface area contributed by atoms with Gasteiger partial charge in [-0.2, -0.15) is 4.98 Å². The summed E-state index contributed by atoms with van der Waals surface area (Å²) in [6.07, 6.45) is 1.64. The van der Waals surface area contributed by atoms with E-state index in [9.17, 15) is 4.79 Å². The van der Waals surface area contributed by atoms with E-state index in [0.717, 1.165) is 0 Å². The Hall–Kier alpha value is -1.39. The lowest BCUT2D eigenvalue weighted by Crippen LogP contribution is -2.14. The maximum atomic E-state index is 11.1. The predicted octanol–water partition coefficient (Wildman–Crippen LogP) is 1.05. The van der Waals surface area contributed by atoms with Crippen LogP contribution in [0.15, 0.2) is 10.9 Å². The second kappa shape index (κ2) is 3.85. The van der Waals surface area contributed by atoms with Crippen molar-refractivity contribution in [1.82, 2.24) is 10.1 Å². The molecule has 1 amide bonds. The minimum absolute atomic E-state index is 0.0913. The Balaban J connectivity index is 2.37. The maximum Gasteiger partial charge on any atom is 0.269 e. The molecule has 0 aliphatic heterocycles. The molecule has 0 saturated heterocycles. The average Bonchev–Trinajstić information content (AvgIpc) is 2.37. The van der Waals surface area contributed by atoms with Gasteiger partial charge in [0.1, 0.15) is 0 Å². The van der Waals surface area contributed by atoms with E-state index in [-0.39, 0.29) is 11.9 Å². The van der Waals surface area contributed by atoms with Crippen LogP contribution >= 0.6 is 0 Å². The van der Waals surface area contributed by atoms with Crippen LogP contribution in [0.5, 0.6) is 0 Å². The second-order valence-electron chi connectivity index (χ2n) is 2.90. The van der Waals surface area contributed by atoms with Gasteiger partial charge in [-0.1, -0.05) is 13.8 Å². The molecule has 0 aliphatic carbocycles. The Labute approximate surface area is 70.2 Å². The number of anilines is 1. The Morgan fingerprint density at radius 2 is 2.50 bits per heavy atom. The number of carbonyl (C=O) groups excluding carboxylic acids is 1. The number of aromatic nitrogens is 2. The van der Waals surface area contributed by atoms with Crippen molar-refractivity contribution in [2.75, 3.05) is 5.32 Å². The number of nitrogens with one attached hydrogen (secondary N) is 1. The lowest BCUT2D eigenvalue weighted by atomic mass is 10.1. The Morgan fingerprint density at radius 3 is 3.00 bits per heavy atom. The third kappa shape index (κ3) is 2.69. The van der Waals surface area contributed by atoms with Crippen molar-refractivity contribution in [2.24, 2.45) is 5.92 Å². The van der Waals surface area contributed by atoms with E-state index in [1.807, 2.05) is 13.8 Å². The van der Waals surface area contributed by atoms with Crippen LogP contribution in [0.25, 0.3) is 0 Å². The second-order valence-corrected chi connectivity index (χ2v) is 2.90. The van der Waals surface area contributed by atoms with Gasteiger partial charge in [-0.15, -0.1) is 0 Å². The van der Waals surface area contributed by atoms with Crippen LogP contribution in [0.2, 0.25) is 0 Å². The molecule has 0 bridgehead atoms. The van der Waals surface area contributed by atoms with Gasteiger partial charge in [-0.05, 0) is 11.1 Å². The van der Waals surface area contributed by atoms with Crippen molar-refractivity contribution in [3.8, 4) is 0 Å². The zero-order chi connectivity index (χ0) is 8.97. The van der Waals surface area contributed by atoms with Gasteiger partial charge in [0.15, 0.2) is 0 Å².